The van der Waals surface area contributed by atoms with Gasteiger partial charge in [-0.3, -0.25) is 4.79 Å². The van der Waals surface area contributed by atoms with Crippen molar-refractivity contribution in [2.75, 3.05) is 0 Å². The standard InChI is InChI=1S/C15H16BrNO2/c1-10-5-6-11(9-12(10)16)13-14(18)15(19-17-13)7-3-2-4-8-15/h5-6,9H,2-4,7-8H2,1H3. The maximum Gasteiger partial charge on any atom is 0.231 e. The molecule has 1 saturated carbocycles. The molecule has 2 aliphatic rings. The summed E-state index contributed by atoms with van der Waals surface area (Å²) in [5.74, 6) is 0.0583. The van der Waals surface area contributed by atoms with Gasteiger partial charge in [0.2, 0.25) is 11.4 Å². The summed E-state index contributed by atoms with van der Waals surface area (Å²) in [6.07, 6.45) is 4.87. The summed E-state index contributed by atoms with van der Waals surface area (Å²) in [4.78, 5) is 18.2. The number of ketones is 1. The number of Topliss-reactive ketones (excluding diaryl/α,β-unsaturated/α-hetero) is 1. The van der Waals surface area contributed by atoms with E-state index in [4.69, 9.17) is 4.84 Å². The van der Waals surface area contributed by atoms with Crippen LogP contribution < -0.4 is 0 Å². The summed E-state index contributed by atoms with van der Waals surface area (Å²) in [6, 6.07) is 5.86. The number of hydrogen-bond acceptors (Lipinski definition) is 3. The molecule has 0 bridgehead atoms. The molecule has 3 nitrogen and oxygen atoms in total. The van der Waals surface area contributed by atoms with Crippen molar-refractivity contribution >= 4 is 27.4 Å². The number of rotatable bonds is 1. The summed E-state index contributed by atoms with van der Waals surface area (Å²) in [6.45, 7) is 2.02. The van der Waals surface area contributed by atoms with Gasteiger partial charge in [-0.1, -0.05) is 39.6 Å². The van der Waals surface area contributed by atoms with Gasteiger partial charge < -0.3 is 4.84 Å². The Balaban J connectivity index is 1.90. The molecular weight excluding hydrogens is 306 g/mol. The second-order valence-electron chi connectivity index (χ2n) is 5.38. The average molecular weight is 322 g/mol. The molecule has 0 unspecified atom stereocenters. The molecule has 0 radical (unpaired) electrons. The van der Waals surface area contributed by atoms with Crippen LogP contribution >= 0.6 is 15.9 Å². The van der Waals surface area contributed by atoms with Gasteiger partial charge in [-0.25, -0.2) is 0 Å². The van der Waals surface area contributed by atoms with E-state index in [9.17, 15) is 4.79 Å². The van der Waals surface area contributed by atoms with Gasteiger partial charge in [-0.15, -0.1) is 0 Å². The average Bonchev–Trinajstić information content (AvgIpc) is 2.72. The summed E-state index contributed by atoms with van der Waals surface area (Å²) in [7, 11) is 0. The van der Waals surface area contributed by atoms with E-state index in [2.05, 4.69) is 21.1 Å². The molecule has 4 heteroatoms. The van der Waals surface area contributed by atoms with Crippen LogP contribution in [0, 0.1) is 6.92 Å². The highest BCUT2D eigenvalue weighted by atomic mass is 79.9. The molecule has 3 rings (SSSR count). The summed E-state index contributed by atoms with van der Waals surface area (Å²) >= 11 is 3.49. The Morgan fingerprint density at radius 1 is 1.26 bits per heavy atom. The Morgan fingerprint density at radius 3 is 2.68 bits per heavy atom. The van der Waals surface area contributed by atoms with Crippen LogP contribution in [0.1, 0.15) is 43.2 Å². The molecule has 1 aromatic carbocycles. The predicted octanol–water partition coefficient (Wildman–Crippen LogP) is 3.76. The van der Waals surface area contributed by atoms with E-state index >= 15 is 0 Å². The molecule has 1 fully saturated rings. The fourth-order valence-corrected chi connectivity index (χ4v) is 3.18. The SMILES string of the molecule is Cc1ccc(C2=NOC3(CCCCC3)C2=O)cc1Br. The van der Waals surface area contributed by atoms with Gasteiger partial charge in [0.25, 0.3) is 0 Å². The lowest BCUT2D eigenvalue weighted by molar-refractivity contribution is -0.136. The van der Waals surface area contributed by atoms with Gasteiger partial charge in [-0.05, 0) is 44.2 Å². The maximum atomic E-state index is 12.6. The molecule has 0 atom stereocenters. The lowest BCUT2D eigenvalue weighted by atomic mass is 9.80. The second-order valence-corrected chi connectivity index (χ2v) is 6.23. The van der Waals surface area contributed by atoms with Crippen LogP contribution in [-0.2, 0) is 9.63 Å². The minimum atomic E-state index is -0.662. The van der Waals surface area contributed by atoms with Crippen molar-refractivity contribution in [3.05, 3.63) is 33.8 Å². The third kappa shape index (κ3) is 2.12. The van der Waals surface area contributed by atoms with Crippen LogP contribution in [0.4, 0.5) is 0 Å². The Kier molecular flexibility index (Phi) is 3.21. The Labute approximate surface area is 121 Å². The van der Waals surface area contributed by atoms with E-state index in [0.29, 0.717) is 5.71 Å². The van der Waals surface area contributed by atoms with Crippen LogP contribution in [0.15, 0.2) is 27.8 Å². The van der Waals surface area contributed by atoms with E-state index in [1.54, 1.807) is 0 Å². The van der Waals surface area contributed by atoms with Crippen molar-refractivity contribution in [3.8, 4) is 0 Å². The molecule has 19 heavy (non-hydrogen) atoms. The number of carbonyl (C=O) groups is 1. The lowest BCUT2D eigenvalue weighted by Gasteiger charge is -2.28. The number of nitrogens with zero attached hydrogens (tertiary/aromatic N) is 1. The molecule has 1 aliphatic carbocycles. The zero-order valence-corrected chi connectivity index (χ0v) is 12.5. The van der Waals surface area contributed by atoms with Crippen molar-refractivity contribution in [3.63, 3.8) is 0 Å². The monoisotopic (exact) mass is 321 g/mol. The van der Waals surface area contributed by atoms with E-state index in [1.807, 2.05) is 25.1 Å². The number of halogens is 1. The Hall–Kier alpha value is -1.16. The van der Waals surface area contributed by atoms with Gasteiger partial charge in [0.05, 0.1) is 0 Å². The first-order valence-corrected chi connectivity index (χ1v) is 7.49. The van der Waals surface area contributed by atoms with Crippen molar-refractivity contribution in [2.45, 2.75) is 44.6 Å². The van der Waals surface area contributed by atoms with E-state index in [1.165, 1.54) is 6.42 Å². The summed E-state index contributed by atoms with van der Waals surface area (Å²) in [5, 5.41) is 4.08. The van der Waals surface area contributed by atoms with Crippen LogP contribution in [0.2, 0.25) is 0 Å². The Morgan fingerprint density at radius 2 is 2.00 bits per heavy atom. The molecule has 0 amide bonds. The smallest absolute Gasteiger partial charge is 0.231 e. The van der Waals surface area contributed by atoms with Crippen molar-refractivity contribution in [1.82, 2.24) is 0 Å². The highest BCUT2D eigenvalue weighted by molar-refractivity contribution is 9.10. The number of hydrogen-bond donors (Lipinski definition) is 0. The first-order chi connectivity index (χ1) is 9.12. The van der Waals surface area contributed by atoms with Gasteiger partial charge in [0.15, 0.2) is 5.71 Å². The topological polar surface area (TPSA) is 38.7 Å². The third-order valence-electron chi connectivity index (χ3n) is 4.05. The molecule has 1 aliphatic heterocycles. The number of carbonyl (C=O) groups excluding carboxylic acids is 1. The minimum Gasteiger partial charge on any atom is -0.380 e. The molecule has 1 spiro atoms. The van der Waals surface area contributed by atoms with E-state index < -0.39 is 5.60 Å². The molecule has 0 N–H and O–H groups in total. The number of oxime groups is 1. The van der Waals surface area contributed by atoms with Crippen LogP contribution in [-0.4, -0.2) is 17.1 Å². The van der Waals surface area contributed by atoms with Gasteiger partial charge in [0.1, 0.15) is 0 Å². The second kappa shape index (κ2) is 4.75. The first kappa shape index (κ1) is 12.9. The molecule has 0 saturated heterocycles. The quantitative estimate of drug-likeness (QED) is 0.789. The fourth-order valence-electron chi connectivity index (χ4n) is 2.80. The Bertz CT molecular complexity index is 559. The van der Waals surface area contributed by atoms with Crippen LogP contribution in [0.25, 0.3) is 0 Å². The molecule has 0 aromatic heterocycles. The zero-order valence-electron chi connectivity index (χ0n) is 10.9. The molecule has 1 aromatic rings. The van der Waals surface area contributed by atoms with Gasteiger partial charge in [0, 0.05) is 10.0 Å². The number of benzene rings is 1. The first-order valence-electron chi connectivity index (χ1n) is 6.70. The van der Waals surface area contributed by atoms with E-state index in [0.717, 1.165) is 41.3 Å². The highest BCUT2D eigenvalue weighted by Gasteiger charge is 2.48. The highest BCUT2D eigenvalue weighted by Crippen LogP contribution is 2.37. The third-order valence-corrected chi connectivity index (χ3v) is 4.90. The number of aryl methyl sites for hydroxylation is 1. The van der Waals surface area contributed by atoms with Crippen molar-refractivity contribution in [1.29, 1.82) is 0 Å². The predicted molar refractivity (Wildman–Crippen MR) is 77.3 cm³/mol. The van der Waals surface area contributed by atoms with Crippen LogP contribution in [0.3, 0.4) is 0 Å². The maximum absolute atomic E-state index is 12.6. The fraction of sp³-hybridized carbons (Fsp3) is 0.467. The largest absolute Gasteiger partial charge is 0.380 e. The van der Waals surface area contributed by atoms with Gasteiger partial charge >= 0.3 is 0 Å². The summed E-state index contributed by atoms with van der Waals surface area (Å²) in [5.41, 5.74) is 1.79. The zero-order chi connectivity index (χ0) is 13.5. The van der Waals surface area contributed by atoms with E-state index in [-0.39, 0.29) is 5.78 Å². The molecule has 1 heterocycles. The lowest BCUT2D eigenvalue weighted by Crippen LogP contribution is -2.41. The molecule has 100 valence electrons. The van der Waals surface area contributed by atoms with Gasteiger partial charge in [-0.2, -0.15) is 0 Å². The van der Waals surface area contributed by atoms with Crippen molar-refractivity contribution in [2.24, 2.45) is 5.16 Å². The van der Waals surface area contributed by atoms with Crippen LogP contribution in [0.5, 0.6) is 0 Å². The minimum absolute atomic E-state index is 0.0583. The summed E-state index contributed by atoms with van der Waals surface area (Å²) < 4.78 is 0.991. The molecular formula is C15H16BrNO2. The normalized spacial score (nSPS) is 21.4. The van der Waals surface area contributed by atoms with Crippen molar-refractivity contribution < 1.29 is 9.63 Å².